The number of anilines is 1. The molecule has 2 aromatic rings. The molecule has 3 heteroatoms. The topological polar surface area (TPSA) is 24.9 Å². The van der Waals surface area contributed by atoms with E-state index in [9.17, 15) is 0 Å². The van der Waals surface area contributed by atoms with Gasteiger partial charge in [-0.15, -0.1) is 0 Å². The van der Waals surface area contributed by atoms with E-state index >= 15 is 0 Å². The molecular weight excluding hydrogens is 268 g/mol. The van der Waals surface area contributed by atoms with E-state index in [-0.39, 0.29) is 0 Å². The summed E-state index contributed by atoms with van der Waals surface area (Å²) in [6.07, 6.45) is 6.28. The zero-order valence-corrected chi connectivity index (χ0v) is 12.7. The first kappa shape index (κ1) is 13.7. The number of para-hydroxylation sites is 1. The summed E-state index contributed by atoms with van der Waals surface area (Å²) in [6, 6.07) is 8.27. The Kier molecular flexibility index (Phi) is 4.11. The first-order chi connectivity index (χ1) is 9.79. The Bertz CT molecular complexity index is 603. The van der Waals surface area contributed by atoms with Crippen molar-refractivity contribution in [3.8, 4) is 0 Å². The number of nitrogens with one attached hydrogen (secondary N) is 1. The zero-order chi connectivity index (χ0) is 13.9. The second-order valence-corrected chi connectivity index (χ2v) is 6.05. The minimum absolute atomic E-state index is 0.609. The quantitative estimate of drug-likeness (QED) is 0.818. The summed E-state index contributed by atoms with van der Waals surface area (Å²) >= 11 is 6.35. The minimum Gasteiger partial charge on any atom is -0.384 e. The summed E-state index contributed by atoms with van der Waals surface area (Å²) in [4.78, 5) is 4.85. The normalized spacial score (nSPS) is 15.9. The molecule has 0 saturated heterocycles. The highest BCUT2D eigenvalue weighted by molar-refractivity contribution is 6.35. The summed E-state index contributed by atoms with van der Waals surface area (Å²) in [6.45, 7) is 3.16. The smallest absolute Gasteiger partial charge is 0.0912 e. The van der Waals surface area contributed by atoms with Crippen LogP contribution in [0, 0.1) is 0 Å². The molecule has 1 aromatic carbocycles. The van der Waals surface area contributed by atoms with Gasteiger partial charge in [0.2, 0.25) is 0 Å². The predicted molar refractivity (Wildman–Crippen MR) is 86.7 cm³/mol. The molecule has 3 rings (SSSR count). The maximum atomic E-state index is 6.35. The van der Waals surface area contributed by atoms with Gasteiger partial charge in [0, 0.05) is 29.2 Å². The van der Waals surface area contributed by atoms with Crippen LogP contribution in [0.2, 0.25) is 5.02 Å². The van der Waals surface area contributed by atoms with Crippen molar-refractivity contribution in [2.45, 2.75) is 44.9 Å². The van der Waals surface area contributed by atoms with E-state index in [1.807, 2.05) is 12.1 Å². The lowest BCUT2D eigenvalue weighted by Gasteiger charge is -2.15. The van der Waals surface area contributed by atoms with Gasteiger partial charge in [0.1, 0.15) is 0 Å². The van der Waals surface area contributed by atoms with Gasteiger partial charge in [0.15, 0.2) is 0 Å². The van der Waals surface area contributed by atoms with Crippen molar-refractivity contribution >= 4 is 28.2 Å². The van der Waals surface area contributed by atoms with Crippen LogP contribution in [0.25, 0.3) is 10.9 Å². The predicted octanol–water partition coefficient (Wildman–Crippen LogP) is 5.37. The van der Waals surface area contributed by atoms with Gasteiger partial charge >= 0.3 is 0 Å². The summed E-state index contributed by atoms with van der Waals surface area (Å²) in [5.41, 5.74) is 3.33. The third kappa shape index (κ3) is 2.62. The van der Waals surface area contributed by atoms with Crippen molar-refractivity contribution in [3.63, 3.8) is 0 Å². The van der Waals surface area contributed by atoms with E-state index in [4.69, 9.17) is 16.6 Å². The van der Waals surface area contributed by atoms with Crippen LogP contribution >= 0.6 is 11.6 Å². The van der Waals surface area contributed by atoms with Crippen LogP contribution in [-0.4, -0.2) is 11.5 Å². The lowest BCUT2D eigenvalue weighted by Crippen LogP contribution is -2.04. The van der Waals surface area contributed by atoms with Crippen molar-refractivity contribution in [1.29, 1.82) is 0 Å². The number of halogens is 1. The van der Waals surface area contributed by atoms with Crippen LogP contribution < -0.4 is 5.32 Å². The van der Waals surface area contributed by atoms with E-state index in [0.29, 0.717) is 5.92 Å². The molecule has 0 radical (unpaired) electrons. The Balaban J connectivity index is 2.09. The number of fused-ring (bicyclic) bond motifs is 1. The SMILES string of the molecule is CCCNc1cc(C2CCCC2)nc2c(Cl)cccc12. The molecule has 1 N–H and O–H groups in total. The monoisotopic (exact) mass is 288 g/mol. The molecule has 20 heavy (non-hydrogen) atoms. The highest BCUT2D eigenvalue weighted by Gasteiger charge is 2.20. The Morgan fingerprint density at radius 1 is 1.30 bits per heavy atom. The molecule has 0 bridgehead atoms. The van der Waals surface area contributed by atoms with Crippen LogP contribution in [0.3, 0.4) is 0 Å². The van der Waals surface area contributed by atoms with E-state index < -0.39 is 0 Å². The van der Waals surface area contributed by atoms with Gasteiger partial charge in [-0.25, -0.2) is 0 Å². The highest BCUT2D eigenvalue weighted by atomic mass is 35.5. The lowest BCUT2D eigenvalue weighted by atomic mass is 10.0. The average Bonchev–Trinajstić information content (AvgIpc) is 2.99. The van der Waals surface area contributed by atoms with Gasteiger partial charge in [-0.3, -0.25) is 4.98 Å². The Labute approximate surface area is 125 Å². The molecule has 1 aliphatic carbocycles. The van der Waals surface area contributed by atoms with Gasteiger partial charge in [-0.1, -0.05) is 43.5 Å². The number of aromatic nitrogens is 1. The Hall–Kier alpha value is -1.28. The van der Waals surface area contributed by atoms with Crippen LogP contribution in [0.5, 0.6) is 0 Å². The highest BCUT2D eigenvalue weighted by Crippen LogP contribution is 2.37. The van der Waals surface area contributed by atoms with E-state index in [2.05, 4.69) is 24.4 Å². The van der Waals surface area contributed by atoms with Gasteiger partial charge in [0.05, 0.1) is 10.5 Å². The standard InChI is InChI=1S/C17H21ClN2/c1-2-10-19-16-11-15(12-6-3-4-7-12)20-17-13(16)8-5-9-14(17)18/h5,8-9,11-12H,2-4,6-7,10H2,1H3,(H,19,20). The molecule has 1 aromatic heterocycles. The molecule has 1 heterocycles. The summed E-state index contributed by atoms with van der Waals surface area (Å²) in [7, 11) is 0. The first-order valence-corrected chi connectivity index (χ1v) is 8.00. The number of benzene rings is 1. The number of nitrogens with zero attached hydrogens (tertiary/aromatic N) is 1. The third-order valence-corrected chi connectivity index (χ3v) is 4.45. The summed E-state index contributed by atoms with van der Waals surface area (Å²) in [5, 5.41) is 5.41. The number of hydrogen-bond donors (Lipinski definition) is 1. The molecule has 0 unspecified atom stereocenters. The summed E-state index contributed by atoms with van der Waals surface area (Å²) < 4.78 is 0. The fraction of sp³-hybridized carbons (Fsp3) is 0.471. The van der Waals surface area contributed by atoms with Crippen molar-refractivity contribution in [3.05, 3.63) is 35.0 Å². The van der Waals surface area contributed by atoms with Gasteiger partial charge in [-0.2, -0.15) is 0 Å². The molecule has 2 nitrogen and oxygen atoms in total. The number of pyridine rings is 1. The third-order valence-electron chi connectivity index (χ3n) is 4.15. The molecule has 1 fully saturated rings. The zero-order valence-electron chi connectivity index (χ0n) is 12.0. The molecule has 0 amide bonds. The minimum atomic E-state index is 0.609. The van der Waals surface area contributed by atoms with Crippen molar-refractivity contribution < 1.29 is 0 Å². The Morgan fingerprint density at radius 2 is 2.10 bits per heavy atom. The maximum Gasteiger partial charge on any atom is 0.0912 e. The van der Waals surface area contributed by atoms with E-state index in [0.717, 1.165) is 28.9 Å². The van der Waals surface area contributed by atoms with Crippen LogP contribution in [-0.2, 0) is 0 Å². The van der Waals surface area contributed by atoms with Gasteiger partial charge < -0.3 is 5.32 Å². The second kappa shape index (κ2) is 6.01. The molecule has 0 spiro atoms. The largest absolute Gasteiger partial charge is 0.384 e. The van der Waals surface area contributed by atoms with Crippen LogP contribution in [0.1, 0.15) is 50.6 Å². The molecule has 0 aliphatic heterocycles. The summed E-state index contributed by atoms with van der Waals surface area (Å²) in [5.74, 6) is 0.609. The van der Waals surface area contributed by atoms with Gasteiger partial charge in [0.25, 0.3) is 0 Å². The van der Waals surface area contributed by atoms with Crippen molar-refractivity contribution in [2.24, 2.45) is 0 Å². The van der Waals surface area contributed by atoms with Crippen LogP contribution in [0.4, 0.5) is 5.69 Å². The lowest BCUT2D eigenvalue weighted by molar-refractivity contribution is 0.701. The van der Waals surface area contributed by atoms with E-state index in [1.54, 1.807) is 0 Å². The fourth-order valence-electron chi connectivity index (χ4n) is 3.07. The second-order valence-electron chi connectivity index (χ2n) is 5.64. The average molecular weight is 289 g/mol. The van der Waals surface area contributed by atoms with Crippen molar-refractivity contribution in [2.75, 3.05) is 11.9 Å². The maximum absolute atomic E-state index is 6.35. The molecule has 1 saturated carbocycles. The van der Waals surface area contributed by atoms with E-state index in [1.165, 1.54) is 37.1 Å². The number of hydrogen-bond acceptors (Lipinski definition) is 2. The fourth-order valence-corrected chi connectivity index (χ4v) is 3.29. The van der Waals surface area contributed by atoms with Crippen LogP contribution in [0.15, 0.2) is 24.3 Å². The van der Waals surface area contributed by atoms with Gasteiger partial charge in [-0.05, 0) is 31.4 Å². The molecular formula is C17H21ClN2. The Morgan fingerprint density at radius 3 is 2.85 bits per heavy atom. The molecule has 0 atom stereocenters. The van der Waals surface area contributed by atoms with Crippen molar-refractivity contribution in [1.82, 2.24) is 4.98 Å². The number of rotatable bonds is 4. The first-order valence-electron chi connectivity index (χ1n) is 7.62. The molecule has 1 aliphatic rings. The molecule has 106 valence electrons.